The predicted octanol–water partition coefficient (Wildman–Crippen LogP) is 3.14. The number of nitrogens with zero attached hydrogens (tertiary/aromatic N) is 3. The molecule has 28 heavy (non-hydrogen) atoms. The van der Waals surface area contributed by atoms with Crippen molar-refractivity contribution in [3.8, 4) is 0 Å². The van der Waals surface area contributed by atoms with Crippen LogP contribution in [0.4, 0.5) is 0 Å². The van der Waals surface area contributed by atoms with Crippen LogP contribution in [0, 0.1) is 23.2 Å². The highest BCUT2D eigenvalue weighted by Gasteiger charge is 2.56. The van der Waals surface area contributed by atoms with E-state index in [1.807, 2.05) is 20.0 Å². The number of carbonyl (C=O) groups is 2. The van der Waals surface area contributed by atoms with E-state index in [0.29, 0.717) is 11.6 Å². The average Bonchev–Trinajstić information content (AvgIpc) is 3.05. The van der Waals surface area contributed by atoms with E-state index in [1.165, 1.54) is 19.3 Å². The van der Waals surface area contributed by atoms with Gasteiger partial charge >= 0.3 is 0 Å². The molecule has 4 aliphatic carbocycles. The van der Waals surface area contributed by atoms with Gasteiger partial charge in [0.05, 0.1) is 11.5 Å². The Morgan fingerprint density at radius 2 is 1.71 bits per heavy atom. The van der Waals surface area contributed by atoms with Gasteiger partial charge < -0.3 is 14.8 Å². The lowest BCUT2D eigenvalue weighted by Crippen LogP contribution is -2.56. The molecule has 0 spiro atoms. The van der Waals surface area contributed by atoms with Crippen LogP contribution >= 0.6 is 0 Å². The first-order valence-electron chi connectivity index (χ1n) is 11.0. The van der Waals surface area contributed by atoms with Gasteiger partial charge in [0.2, 0.25) is 5.91 Å². The van der Waals surface area contributed by atoms with Crippen molar-refractivity contribution in [1.29, 1.82) is 0 Å². The lowest BCUT2D eigenvalue weighted by atomic mass is 9.49. The Labute approximate surface area is 167 Å². The van der Waals surface area contributed by atoms with Crippen molar-refractivity contribution in [2.75, 3.05) is 6.54 Å². The maximum atomic E-state index is 13.8. The van der Waals surface area contributed by atoms with Gasteiger partial charge in [-0.25, -0.2) is 4.98 Å². The van der Waals surface area contributed by atoms with Crippen molar-refractivity contribution in [2.24, 2.45) is 23.2 Å². The molecule has 0 radical (unpaired) electrons. The van der Waals surface area contributed by atoms with Crippen molar-refractivity contribution in [3.05, 3.63) is 17.7 Å². The number of aromatic nitrogens is 2. The summed E-state index contributed by atoms with van der Waals surface area (Å²) in [6.07, 6.45) is 9.17. The van der Waals surface area contributed by atoms with Crippen LogP contribution in [0.3, 0.4) is 0 Å². The third kappa shape index (κ3) is 2.79. The third-order valence-corrected chi connectivity index (χ3v) is 7.64. The zero-order valence-electron chi connectivity index (χ0n) is 17.3. The molecule has 2 heterocycles. The van der Waals surface area contributed by atoms with Crippen LogP contribution in [0.5, 0.6) is 0 Å². The molecule has 0 aromatic carbocycles. The first kappa shape index (κ1) is 18.2. The molecule has 6 nitrogen and oxygen atoms in total. The minimum absolute atomic E-state index is 0.0742. The Balaban J connectivity index is 1.38. The van der Waals surface area contributed by atoms with Crippen LogP contribution in [0.25, 0.3) is 0 Å². The number of nitrogens with one attached hydrogen (secondary N) is 1. The van der Waals surface area contributed by atoms with Gasteiger partial charge in [-0.3, -0.25) is 9.59 Å². The SMILES string of the molecule is CC(C)NC(=O)c1cn2c(n1)[C@H](C)N(C(=O)C13CC4CC(CC(C4)C1)C3)CC2. The maximum Gasteiger partial charge on any atom is 0.271 e. The van der Waals surface area contributed by atoms with Gasteiger partial charge in [0, 0.05) is 25.3 Å². The number of rotatable bonds is 3. The quantitative estimate of drug-likeness (QED) is 0.871. The van der Waals surface area contributed by atoms with E-state index in [0.717, 1.165) is 55.9 Å². The van der Waals surface area contributed by atoms with Gasteiger partial charge in [-0.1, -0.05) is 0 Å². The Hall–Kier alpha value is -1.85. The largest absolute Gasteiger partial charge is 0.348 e. The summed E-state index contributed by atoms with van der Waals surface area (Å²) in [5.41, 5.74) is 0.343. The van der Waals surface area contributed by atoms with Crippen molar-refractivity contribution >= 4 is 11.8 Å². The van der Waals surface area contributed by atoms with E-state index < -0.39 is 0 Å². The molecular formula is C22H32N4O2. The maximum absolute atomic E-state index is 13.8. The molecule has 1 aromatic rings. The fraction of sp³-hybridized carbons (Fsp3) is 0.773. The third-order valence-electron chi connectivity index (χ3n) is 7.64. The second-order valence-electron chi connectivity index (χ2n) is 10.2. The smallest absolute Gasteiger partial charge is 0.271 e. The molecule has 6 rings (SSSR count). The van der Waals surface area contributed by atoms with E-state index in [1.54, 1.807) is 0 Å². The fourth-order valence-corrected chi connectivity index (χ4v) is 6.89. The van der Waals surface area contributed by atoms with E-state index in [9.17, 15) is 9.59 Å². The van der Waals surface area contributed by atoms with Crippen molar-refractivity contribution < 1.29 is 9.59 Å². The van der Waals surface area contributed by atoms with Crippen molar-refractivity contribution in [2.45, 2.75) is 77.9 Å². The molecular weight excluding hydrogens is 352 g/mol. The Morgan fingerprint density at radius 3 is 2.29 bits per heavy atom. The normalized spacial score (nSPS) is 35.9. The molecule has 1 N–H and O–H groups in total. The lowest BCUT2D eigenvalue weighted by Gasteiger charge is -2.57. The zero-order chi connectivity index (χ0) is 19.6. The summed E-state index contributed by atoms with van der Waals surface area (Å²) in [7, 11) is 0. The lowest BCUT2D eigenvalue weighted by molar-refractivity contribution is -0.161. The summed E-state index contributed by atoms with van der Waals surface area (Å²) in [6.45, 7) is 7.40. The van der Waals surface area contributed by atoms with Crippen LogP contribution in [0.2, 0.25) is 0 Å². The van der Waals surface area contributed by atoms with Gasteiger partial charge in [-0.2, -0.15) is 0 Å². The molecule has 4 saturated carbocycles. The summed E-state index contributed by atoms with van der Waals surface area (Å²) in [5, 5.41) is 2.91. The van der Waals surface area contributed by atoms with Gasteiger partial charge in [0.1, 0.15) is 11.5 Å². The van der Waals surface area contributed by atoms with Gasteiger partial charge in [-0.05, 0) is 77.0 Å². The van der Waals surface area contributed by atoms with Gasteiger partial charge in [-0.15, -0.1) is 0 Å². The Kier molecular flexibility index (Phi) is 4.11. The van der Waals surface area contributed by atoms with Gasteiger partial charge in [0.15, 0.2) is 0 Å². The first-order chi connectivity index (χ1) is 13.3. The summed E-state index contributed by atoms with van der Waals surface area (Å²) >= 11 is 0. The standard InChI is InChI=1S/C22H32N4O2/c1-13(2)23-20(27)18-12-25-4-5-26(14(3)19(25)24-18)21(28)22-9-15-6-16(10-22)8-17(7-15)11-22/h12-17H,4-11H2,1-3H3,(H,23,27)/t14-,15?,16?,17?,22?/m0/s1. The number of carbonyl (C=O) groups excluding carboxylic acids is 2. The molecule has 2 amide bonds. The van der Waals surface area contributed by atoms with Gasteiger partial charge in [0.25, 0.3) is 5.91 Å². The van der Waals surface area contributed by atoms with E-state index in [4.69, 9.17) is 0 Å². The monoisotopic (exact) mass is 384 g/mol. The minimum Gasteiger partial charge on any atom is -0.348 e. The molecule has 4 fully saturated rings. The van der Waals surface area contributed by atoms with E-state index in [2.05, 4.69) is 26.7 Å². The number of amides is 2. The van der Waals surface area contributed by atoms with E-state index >= 15 is 0 Å². The molecule has 0 saturated heterocycles. The number of hydrogen-bond donors (Lipinski definition) is 1. The summed E-state index contributed by atoms with van der Waals surface area (Å²) < 4.78 is 2.06. The predicted molar refractivity (Wildman–Crippen MR) is 106 cm³/mol. The molecule has 6 heteroatoms. The molecule has 0 unspecified atom stereocenters. The van der Waals surface area contributed by atoms with Crippen molar-refractivity contribution in [1.82, 2.24) is 19.8 Å². The number of hydrogen-bond acceptors (Lipinski definition) is 3. The first-order valence-corrected chi connectivity index (χ1v) is 11.0. The van der Waals surface area contributed by atoms with Crippen molar-refractivity contribution in [3.63, 3.8) is 0 Å². The van der Waals surface area contributed by atoms with Crippen LogP contribution in [-0.4, -0.2) is 38.9 Å². The molecule has 1 aliphatic heterocycles. The van der Waals surface area contributed by atoms with Crippen LogP contribution in [0.15, 0.2) is 6.20 Å². The molecule has 5 aliphatic rings. The molecule has 1 aromatic heterocycles. The highest BCUT2D eigenvalue weighted by atomic mass is 16.2. The highest BCUT2D eigenvalue weighted by Crippen LogP contribution is 2.61. The highest BCUT2D eigenvalue weighted by molar-refractivity contribution is 5.92. The van der Waals surface area contributed by atoms with Crippen LogP contribution < -0.4 is 5.32 Å². The summed E-state index contributed by atoms with van der Waals surface area (Å²) in [6, 6.07) is 0.00710. The number of fused-ring (bicyclic) bond motifs is 1. The summed E-state index contributed by atoms with van der Waals surface area (Å²) in [4.78, 5) is 32.8. The Morgan fingerprint density at radius 1 is 1.11 bits per heavy atom. The fourth-order valence-electron chi connectivity index (χ4n) is 6.89. The molecule has 4 bridgehead atoms. The summed E-state index contributed by atoms with van der Waals surface area (Å²) in [5.74, 6) is 3.37. The minimum atomic E-state index is -0.136. The molecule has 152 valence electrons. The average molecular weight is 385 g/mol. The topological polar surface area (TPSA) is 67.2 Å². The second kappa shape index (κ2) is 6.33. The second-order valence-corrected chi connectivity index (χ2v) is 10.2. The molecule has 1 atom stereocenters. The zero-order valence-corrected chi connectivity index (χ0v) is 17.3. The van der Waals surface area contributed by atoms with Crippen LogP contribution in [0.1, 0.15) is 81.7 Å². The number of imidazole rings is 1. The van der Waals surface area contributed by atoms with Crippen LogP contribution in [-0.2, 0) is 11.3 Å². The Bertz CT molecular complexity index is 776. The van der Waals surface area contributed by atoms with E-state index in [-0.39, 0.29) is 23.4 Å².